The van der Waals surface area contributed by atoms with Crippen molar-refractivity contribution in [3.63, 3.8) is 0 Å². The number of aromatic nitrogens is 4. The van der Waals surface area contributed by atoms with Gasteiger partial charge in [0.25, 0.3) is 0 Å². The molecule has 30 heavy (non-hydrogen) atoms. The van der Waals surface area contributed by atoms with Crippen LogP contribution in [0.4, 0.5) is 5.82 Å². The smallest absolute Gasteiger partial charge is 0.167 e. The fourth-order valence-corrected chi connectivity index (χ4v) is 4.43. The lowest BCUT2D eigenvalue weighted by molar-refractivity contribution is -0.0761. The van der Waals surface area contributed by atoms with Gasteiger partial charge in [-0.15, -0.1) is 0 Å². The summed E-state index contributed by atoms with van der Waals surface area (Å²) in [5.74, 6) is 0.248. The summed E-state index contributed by atoms with van der Waals surface area (Å²) in [7, 11) is 0. The molecule has 2 aliphatic rings. The van der Waals surface area contributed by atoms with Crippen LogP contribution in [0.3, 0.4) is 0 Å². The lowest BCUT2D eigenvalue weighted by Gasteiger charge is -2.42. The highest BCUT2D eigenvalue weighted by Crippen LogP contribution is 2.44. The van der Waals surface area contributed by atoms with Gasteiger partial charge < -0.3 is 25.4 Å². The minimum Gasteiger partial charge on any atom is -0.387 e. The van der Waals surface area contributed by atoms with Gasteiger partial charge in [-0.3, -0.25) is 4.57 Å². The number of rotatable bonds is 6. The molecule has 1 saturated carbocycles. The number of nitrogens with two attached hydrogens (primary N) is 1. The van der Waals surface area contributed by atoms with Crippen LogP contribution in [-0.2, 0) is 14.9 Å². The Hall–Kier alpha value is -2.59. The van der Waals surface area contributed by atoms with E-state index in [1.165, 1.54) is 24.6 Å². The summed E-state index contributed by atoms with van der Waals surface area (Å²) in [6.45, 7) is 0.745. The molecule has 1 saturated heterocycles. The van der Waals surface area contributed by atoms with Crippen LogP contribution in [0.25, 0.3) is 11.2 Å². The molecule has 4 N–H and O–H groups in total. The molecule has 4 atom stereocenters. The van der Waals surface area contributed by atoms with E-state index in [9.17, 15) is 10.2 Å². The van der Waals surface area contributed by atoms with Crippen molar-refractivity contribution in [2.24, 2.45) is 0 Å². The largest absolute Gasteiger partial charge is 0.387 e. The summed E-state index contributed by atoms with van der Waals surface area (Å²) >= 11 is 0. The van der Waals surface area contributed by atoms with Crippen molar-refractivity contribution < 1.29 is 19.7 Å². The van der Waals surface area contributed by atoms with Crippen LogP contribution in [0.1, 0.15) is 31.1 Å². The molecule has 9 nitrogen and oxygen atoms in total. The molecule has 2 fully saturated rings. The van der Waals surface area contributed by atoms with Gasteiger partial charge in [0.1, 0.15) is 30.2 Å². The Bertz CT molecular complexity index is 1020. The van der Waals surface area contributed by atoms with Crippen molar-refractivity contribution in [3.05, 3.63) is 48.5 Å². The first-order valence-corrected chi connectivity index (χ1v) is 10.2. The van der Waals surface area contributed by atoms with Gasteiger partial charge in [0.15, 0.2) is 17.7 Å². The highest BCUT2D eigenvalue weighted by Gasteiger charge is 2.45. The van der Waals surface area contributed by atoms with Crippen molar-refractivity contribution >= 4 is 17.0 Å². The van der Waals surface area contributed by atoms with E-state index < -0.39 is 24.5 Å². The molecule has 2 aromatic heterocycles. The van der Waals surface area contributed by atoms with Crippen molar-refractivity contribution in [2.45, 2.75) is 49.2 Å². The number of imidazole rings is 1. The third kappa shape index (κ3) is 3.14. The molecule has 0 radical (unpaired) electrons. The molecule has 3 heterocycles. The van der Waals surface area contributed by atoms with E-state index in [0.29, 0.717) is 17.8 Å². The van der Waals surface area contributed by atoms with Crippen molar-refractivity contribution in [1.82, 2.24) is 19.5 Å². The summed E-state index contributed by atoms with van der Waals surface area (Å²) in [4.78, 5) is 12.3. The Kier molecular flexibility index (Phi) is 4.90. The Labute approximate surface area is 173 Å². The van der Waals surface area contributed by atoms with Crippen LogP contribution >= 0.6 is 0 Å². The van der Waals surface area contributed by atoms with Crippen LogP contribution < -0.4 is 5.73 Å². The predicted octanol–water partition coefficient (Wildman–Crippen LogP) is 1.17. The zero-order valence-corrected chi connectivity index (χ0v) is 16.5. The Morgan fingerprint density at radius 3 is 2.67 bits per heavy atom. The zero-order valence-electron chi connectivity index (χ0n) is 16.5. The number of nitrogens with zero attached hydrogens (tertiary/aromatic N) is 4. The molecular weight excluding hydrogens is 386 g/mol. The number of aliphatic hydroxyl groups excluding tert-OH is 2. The first kappa shape index (κ1) is 19.4. The van der Waals surface area contributed by atoms with E-state index in [1.54, 1.807) is 4.57 Å². The summed E-state index contributed by atoms with van der Waals surface area (Å²) in [5.41, 5.74) is 8.01. The van der Waals surface area contributed by atoms with Gasteiger partial charge in [-0.05, 0) is 18.4 Å². The first-order valence-electron chi connectivity index (χ1n) is 10.2. The third-order valence-electron chi connectivity index (χ3n) is 6.36. The van der Waals surface area contributed by atoms with Gasteiger partial charge in [0.05, 0.1) is 19.5 Å². The number of anilines is 1. The number of ether oxygens (including phenoxy) is 2. The standard InChI is InChI=1S/C21H25N5O4/c22-18-15-19(24-11-23-18)26(12-25-15)20-17(28)16(27)14(30-20)9-29-10-21(7-4-8-21)13-5-2-1-3-6-13/h1-3,5-6,11-12,14,16-17,20,27-28H,4,7-10H2,(H2,22,23,24)/t14-,16-,17-,20-/m1/s1. The molecule has 5 rings (SSSR count). The molecular formula is C21H25N5O4. The Morgan fingerprint density at radius 1 is 1.13 bits per heavy atom. The summed E-state index contributed by atoms with van der Waals surface area (Å²) in [5, 5.41) is 21.1. The highest BCUT2D eigenvalue weighted by molar-refractivity contribution is 5.81. The lowest BCUT2D eigenvalue weighted by atomic mass is 9.65. The van der Waals surface area contributed by atoms with E-state index in [-0.39, 0.29) is 17.8 Å². The van der Waals surface area contributed by atoms with Gasteiger partial charge in [-0.25, -0.2) is 15.0 Å². The normalized spacial score (nSPS) is 27.9. The Balaban J connectivity index is 1.27. The second kappa shape index (κ2) is 7.59. The molecule has 3 aromatic rings. The fraction of sp³-hybridized carbons (Fsp3) is 0.476. The lowest BCUT2D eigenvalue weighted by Crippen LogP contribution is -2.41. The molecule has 158 valence electrons. The quantitative estimate of drug-likeness (QED) is 0.551. The molecule has 0 spiro atoms. The topological polar surface area (TPSA) is 129 Å². The molecule has 1 aliphatic heterocycles. The van der Waals surface area contributed by atoms with Gasteiger partial charge in [0.2, 0.25) is 0 Å². The van der Waals surface area contributed by atoms with Gasteiger partial charge >= 0.3 is 0 Å². The minimum atomic E-state index is -1.14. The number of hydrogen-bond donors (Lipinski definition) is 3. The van der Waals surface area contributed by atoms with Crippen molar-refractivity contribution in [2.75, 3.05) is 18.9 Å². The third-order valence-corrected chi connectivity index (χ3v) is 6.36. The maximum Gasteiger partial charge on any atom is 0.167 e. The minimum absolute atomic E-state index is 0.0256. The predicted molar refractivity (Wildman–Crippen MR) is 108 cm³/mol. The van der Waals surface area contributed by atoms with Crippen LogP contribution in [0.15, 0.2) is 43.0 Å². The Morgan fingerprint density at radius 2 is 1.93 bits per heavy atom. The molecule has 0 amide bonds. The van der Waals surface area contributed by atoms with E-state index in [2.05, 4.69) is 27.1 Å². The molecule has 0 bridgehead atoms. The monoisotopic (exact) mass is 411 g/mol. The van der Waals surface area contributed by atoms with E-state index in [4.69, 9.17) is 15.2 Å². The molecule has 1 aliphatic carbocycles. The van der Waals surface area contributed by atoms with E-state index in [0.717, 1.165) is 12.8 Å². The fourth-order valence-electron chi connectivity index (χ4n) is 4.43. The van der Waals surface area contributed by atoms with Crippen molar-refractivity contribution in [1.29, 1.82) is 0 Å². The zero-order chi connectivity index (χ0) is 20.7. The number of hydrogen-bond acceptors (Lipinski definition) is 8. The van der Waals surface area contributed by atoms with Crippen molar-refractivity contribution in [3.8, 4) is 0 Å². The van der Waals surface area contributed by atoms with Crippen LogP contribution in [0.2, 0.25) is 0 Å². The molecule has 9 heteroatoms. The molecule has 1 aromatic carbocycles. The average molecular weight is 411 g/mol. The summed E-state index contributed by atoms with van der Waals surface area (Å²) < 4.78 is 13.5. The van der Waals surface area contributed by atoms with Gasteiger partial charge in [-0.1, -0.05) is 36.8 Å². The van der Waals surface area contributed by atoms with Gasteiger partial charge in [-0.2, -0.15) is 0 Å². The maximum atomic E-state index is 10.6. The van der Waals surface area contributed by atoms with Crippen LogP contribution in [0, 0.1) is 0 Å². The molecule has 0 unspecified atom stereocenters. The van der Waals surface area contributed by atoms with Crippen LogP contribution in [-0.4, -0.2) is 61.3 Å². The highest BCUT2D eigenvalue weighted by atomic mass is 16.6. The number of fused-ring (bicyclic) bond motifs is 1. The second-order valence-corrected chi connectivity index (χ2v) is 8.14. The number of benzene rings is 1. The summed E-state index contributed by atoms with van der Waals surface area (Å²) in [6.07, 6.45) is 2.44. The van der Waals surface area contributed by atoms with E-state index >= 15 is 0 Å². The summed E-state index contributed by atoms with van der Waals surface area (Å²) in [6, 6.07) is 10.4. The maximum absolute atomic E-state index is 10.6. The van der Waals surface area contributed by atoms with Gasteiger partial charge in [0, 0.05) is 5.41 Å². The SMILES string of the molecule is Nc1ncnc2c1ncn2[C@@H]1O[C@H](COCC2(c3ccccc3)CCC2)[C@@H](O)[C@H]1O. The van der Waals surface area contributed by atoms with Crippen LogP contribution in [0.5, 0.6) is 0 Å². The second-order valence-electron chi connectivity index (χ2n) is 8.14. The average Bonchev–Trinajstić information content (AvgIpc) is 3.28. The van der Waals surface area contributed by atoms with E-state index in [1.807, 2.05) is 18.2 Å². The number of nitrogen functional groups attached to an aromatic ring is 1. The first-order chi connectivity index (χ1) is 14.6. The number of aliphatic hydroxyl groups is 2.